The molecule has 4 aromatic rings. The summed E-state index contributed by atoms with van der Waals surface area (Å²) in [4.78, 5) is 6.97. The summed E-state index contributed by atoms with van der Waals surface area (Å²) >= 11 is 5.92. The van der Waals surface area contributed by atoms with E-state index in [1.165, 1.54) is 44.9 Å². The number of thiocarbonyl (C=S) groups is 1. The third kappa shape index (κ3) is 4.04. The van der Waals surface area contributed by atoms with Gasteiger partial charge in [-0.1, -0.05) is 41.5 Å². The van der Waals surface area contributed by atoms with Crippen LogP contribution >= 0.6 is 12.2 Å². The minimum absolute atomic E-state index is 0.0221. The molecule has 1 aliphatic rings. The number of pyridine rings is 1. The zero-order valence-corrected chi connectivity index (χ0v) is 22.1. The summed E-state index contributed by atoms with van der Waals surface area (Å²) in [5.74, 6) is 0. The van der Waals surface area contributed by atoms with Crippen LogP contribution in [0.3, 0.4) is 0 Å². The van der Waals surface area contributed by atoms with E-state index >= 15 is 0 Å². The molecule has 0 radical (unpaired) electrons. The fourth-order valence-corrected chi connectivity index (χ4v) is 5.96. The number of nitrogens with zero attached hydrogens (tertiary/aromatic N) is 3. The fraction of sp³-hybridized carbons (Fsp3) is 0.267. The normalized spacial score (nSPS) is 17.7. The largest absolute Gasteiger partial charge is 0.351 e. The molecule has 0 unspecified atom stereocenters. The highest BCUT2D eigenvalue weighted by Gasteiger charge is 2.42. The van der Waals surface area contributed by atoms with Gasteiger partial charge in [0.2, 0.25) is 0 Å². The van der Waals surface area contributed by atoms with Crippen LogP contribution in [0.1, 0.15) is 57.0 Å². The molecule has 2 atom stereocenters. The monoisotopic (exact) mass is 480 g/mol. The van der Waals surface area contributed by atoms with Crippen LogP contribution in [0, 0.1) is 41.5 Å². The quantitative estimate of drug-likeness (QED) is 0.322. The van der Waals surface area contributed by atoms with E-state index in [-0.39, 0.29) is 12.1 Å². The Morgan fingerprint density at radius 3 is 2.14 bits per heavy atom. The fourth-order valence-electron chi connectivity index (χ4n) is 5.61. The second-order valence-corrected chi connectivity index (χ2v) is 10.1. The molecule has 178 valence electrons. The number of anilines is 1. The first-order valence-corrected chi connectivity index (χ1v) is 12.5. The average molecular weight is 481 g/mol. The van der Waals surface area contributed by atoms with Gasteiger partial charge in [0, 0.05) is 23.3 Å². The Balaban J connectivity index is 1.71. The molecule has 5 heteroatoms. The topological polar surface area (TPSA) is 33.1 Å². The lowest BCUT2D eigenvalue weighted by atomic mass is 9.96. The Kier molecular flexibility index (Phi) is 5.97. The molecular weight excluding hydrogens is 448 g/mol. The van der Waals surface area contributed by atoms with Crippen LogP contribution in [0.4, 0.5) is 5.69 Å². The lowest BCUT2D eigenvalue weighted by Gasteiger charge is -2.28. The number of hydrogen-bond acceptors (Lipinski definition) is 2. The molecule has 2 aromatic heterocycles. The van der Waals surface area contributed by atoms with E-state index in [9.17, 15) is 0 Å². The van der Waals surface area contributed by atoms with Crippen molar-refractivity contribution in [3.05, 3.63) is 112 Å². The molecule has 1 N–H and O–H groups in total. The summed E-state index contributed by atoms with van der Waals surface area (Å²) < 4.78 is 2.41. The number of rotatable bonds is 4. The molecule has 0 amide bonds. The average Bonchev–Trinajstić information content (AvgIpc) is 3.30. The second-order valence-electron chi connectivity index (χ2n) is 9.74. The number of aryl methyl sites for hydroxylation is 5. The van der Waals surface area contributed by atoms with Crippen molar-refractivity contribution < 1.29 is 0 Å². The summed E-state index contributed by atoms with van der Waals surface area (Å²) in [7, 11) is 0. The first kappa shape index (κ1) is 23.3. The minimum Gasteiger partial charge on any atom is -0.351 e. The minimum atomic E-state index is -0.0563. The van der Waals surface area contributed by atoms with Crippen molar-refractivity contribution in [2.24, 2.45) is 0 Å². The van der Waals surface area contributed by atoms with Gasteiger partial charge < -0.3 is 14.8 Å². The van der Waals surface area contributed by atoms with Crippen molar-refractivity contribution >= 4 is 23.0 Å². The number of nitrogens with one attached hydrogen (secondary N) is 1. The Labute approximate surface area is 213 Å². The van der Waals surface area contributed by atoms with Gasteiger partial charge in [-0.05, 0) is 101 Å². The first-order valence-electron chi connectivity index (χ1n) is 12.1. The van der Waals surface area contributed by atoms with Crippen molar-refractivity contribution in [3.8, 4) is 5.69 Å². The van der Waals surface area contributed by atoms with E-state index in [1.54, 1.807) is 0 Å². The van der Waals surface area contributed by atoms with Gasteiger partial charge >= 0.3 is 0 Å². The summed E-state index contributed by atoms with van der Waals surface area (Å²) in [6.07, 6.45) is 1.86. The Morgan fingerprint density at radius 2 is 1.51 bits per heavy atom. The lowest BCUT2D eigenvalue weighted by molar-refractivity contribution is 0.565. The smallest absolute Gasteiger partial charge is 0.174 e. The van der Waals surface area contributed by atoms with E-state index in [1.807, 2.05) is 18.3 Å². The van der Waals surface area contributed by atoms with Gasteiger partial charge in [-0.3, -0.25) is 4.98 Å². The molecule has 2 aromatic carbocycles. The third-order valence-electron chi connectivity index (χ3n) is 7.06. The maximum atomic E-state index is 5.92. The highest BCUT2D eigenvalue weighted by Crippen LogP contribution is 2.44. The zero-order valence-electron chi connectivity index (χ0n) is 21.3. The van der Waals surface area contributed by atoms with Crippen LogP contribution in [-0.2, 0) is 0 Å². The van der Waals surface area contributed by atoms with Crippen LogP contribution in [0.15, 0.2) is 66.9 Å². The van der Waals surface area contributed by atoms with Gasteiger partial charge in [-0.2, -0.15) is 0 Å². The van der Waals surface area contributed by atoms with E-state index in [4.69, 9.17) is 17.2 Å². The van der Waals surface area contributed by atoms with Crippen LogP contribution < -0.4 is 10.2 Å². The summed E-state index contributed by atoms with van der Waals surface area (Å²) in [5.41, 5.74) is 12.1. The van der Waals surface area contributed by atoms with Gasteiger partial charge in [-0.25, -0.2) is 0 Å². The highest BCUT2D eigenvalue weighted by atomic mass is 32.1. The van der Waals surface area contributed by atoms with Gasteiger partial charge in [0.05, 0.1) is 23.5 Å². The van der Waals surface area contributed by atoms with E-state index < -0.39 is 0 Å². The van der Waals surface area contributed by atoms with Crippen molar-refractivity contribution in [1.82, 2.24) is 14.9 Å². The van der Waals surface area contributed by atoms with E-state index in [0.29, 0.717) is 0 Å². The predicted molar refractivity (Wildman–Crippen MR) is 149 cm³/mol. The van der Waals surface area contributed by atoms with E-state index in [0.717, 1.165) is 16.5 Å². The molecule has 3 heterocycles. The summed E-state index contributed by atoms with van der Waals surface area (Å²) in [6, 6.07) is 21.5. The number of hydrogen-bond donors (Lipinski definition) is 1. The second kappa shape index (κ2) is 8.97. The van der Waals surface area contributed by atoms with Crippen molar-refractivity contribution in [2.45, 2.75) is 53.6 Å². The lowest BCUT2D eigenvalue weighted by Crippen LogP contribution is -2.29. The van der Waals surface area contributed by atoms with E-state index in [2.05, 4.69) is 105 Å². The molecule has 5 rings (SSSR count). The Hall–Kier alpha value is -3.44. The summed E-state index contributed by atoms with van der Waals surface area (Å²) in [5, 5.41) is 4.32. The van der Waals surface area contributed by atoms with Gasteiger partial charge in [0.25, 0.3) is 0 Å². The maximum Gasteiger partial charge on any atom is 0.174 e. The molecule has 0 aliphatic carbocycles. The molecule has 35 heavy (non-hydrogen) atoms. The molecule has 0 bridgehead atoms. The molecule has 1 saturated heterocycles. The third-order valence-corrected chi connectivity index (χ3v) is 7.37. The van der Waals surface area contributed by atoms with Gasteiger partial charge in [0.1, 0.15) is 0 Å². The Morgan fingerprint density at radius 1 is 0.829 bits per heavy atom. The summed E-state index contributed by atoms with van der Waals surface area (Å²) in [6.45, 7) is 13.1. The predicted octanol–water partition coefficient (Wildman–Crippen LogP) is 6.90. The van der Waals surface area contributed by atoms with Crippen molar-refractivity contribution in [2.75, 3.05) is 4.90 Å². The molecule has 4 nitrogen and oxygen atoms in total. The van der Waals surface area contributed by atoms with Gasteiger partial charge in [-0.15, -0.1) is 0 Å². The number of benzene rings is 2. The van der Waals surface area contributed by atoms with Crippen LogP contribution in [0.25, 0.3) is 5.69 Å². The van der Waals surface area contributed by atoms with Crippen molar-refractivity contribution in [3.63, 3.8) is 0 Å². The van der Waals surface area contributed by atoms with Crippen LogP contribution in [0.5, 0.6) is 0 Å². The Bertz CT molecular complexity index is 1380. The first-order chi connectivity index (χ1) is 16.8. The van der Waals surface area contributed by atoms with Gasteiger partial charge in [0.15, 0.2) is 5.11 Å². The van der Waals surface area contributed by atoms with Crippen LogP contribution in [-0.4, -0.2) is 14.7 Å². The molecular formula is C30H32N4S. The highest BCUT2D eigenvalue weighted by molar-refractivity contribution is 7.80. The number of aromatic nitrogens is 2. The molecule has 1 fully saturated rings. The zero-order chi connectivity index (χ0) is 24.9. The standard InChI is InChI=1S/C30H32N4S/c1-18-10-12-24(13-11-18)34-29(27(32-30(34)35)26-9-7-8-14-31-26)25-17-22(5)33(23(25)6)28-20(3)15-19(2)16-21(28)4/h7-17,27,29H,1-6H3,(H,32,35)/t27-,29-/m0/s1. The molecule has 0 spiro atoms. The molecule has 0 saturated carbocycles. The maximum absolute atomic E-state index is 5.92. The SMILES string of the molecule is Cc1ccc(N2C(=S)N[C@@H](c3ccccn3)[C@@H]2c2cc(C)n(-c3c(C)cc(C)cc3C)c2C)cc1. The molecule has 1 aliphatic heterocycles. The van der Waals surface area contributed by atoms with Crippen molar-refractivity contribution in [1.29, 1.82) is 0 Å². The van der Waals surface area contributed by atoms with Crippen LogP contribution in [0.2, 0.25) is 0 Å².